The molecule has 0 aliphatic carbocycles. The molecular weight excluding hydrogens is 497 g/mol. The number of carboxylic acids is 1. The van der Waals surface area contributed by atoms with Gasteiger partial charge < -0.3 is 15.5 Å². The predicted octanol–water partition coefficient (Wildman–Crippen LogP) is 5.65. The number of rotatable bonds is 5. The molecule has 0 aliphatic heterocycles. The number of aliphatic hydroxyl groups is 1. The molecule has 0 bridgehead atoms. The molecular formula is C26H20ClF3N2O4. The lowest BCUT2D eigenvalue weighted by atomic mass is 10.0. The van der Waals surface area contributed by atoms with Crippen molar-refractivity contribution in [1.29, 1.82) is 0 Å². The molecule has 1 aromatic heterocycles. The first kappa shape index (κ1) is 26.7. The molecule has 4 aromatic rings. The van der Waals surface area contributed by atoms with Crippen LogP contribution in [-0.2, 0) is 4.79 Å². The van der Waals surface area contributed by atoms with Crippen molar-refractivity contribution in [3.05, 3.63) is 101 Å². The number of aliphatic hydroxyl groups excluding tert-OH is 1. The number of halogens is 4. The summed E-state index contributed by atoms with van der Waals surface area (Å²) in [5.41, 5.74) is 3.23. The smallest absolute Gasteiger partial charge is 0.475 e. The van der Waals surface area contributed by atoms with Gasteiger partial charge in [0.05, 0.1) is 6.10 Å². The number of carbonyl (C=O) groups excluding carboxylic acids is 1. The lowest BCUT2D eigenvalue weighted by Crippen LogP contribution is -2.28. The van der Waals surface area contributed by atoms with E-state index in [9.17, 15) is 23.1 Å². The lowest BCUT2D eigenvalue weighted by Gasteiger charge is -2.13. The fourth-order valence-electron chi connectivity index (χ4n) is 3.20. The van der Waals surface area contributed by atoms with E-state index in [0.29, 0.717) is 16.1 Å². The first-order chi connectivity index (χ1) is 17.0. The number of nitrogens with zero attached hydrogens (tertiary/aromatic N) is 1. The van der Waals surface area contributed by atoms with Crippen LogP contribution >= 0.6 is 11.6 Å². The molecule has 10 heteroatoms. The van der Waals surface area contributed by atoms with Gasteiger partial charge in [-0.25, -0.2) is 4.79 Å². The van der Waals surface area contributed by atoms with E-state index in [1.165, 1.54) is 0 Å². The molecule has 1 atom stereocenters. The van der Waals surface area contributed by atoms with E-state index in [1.807, 2.05) is 42.6 Å². The van der Waals surface area contributed by atoms with Crippen LogP contribution in [0.5, 0.6) is 0 Å². The molecule has 186 valence electrons. The summed E-state index contributed by atoms with van der Waals surface area (Å²) in [6.07, 6.45) is -2.29. The highest BCUT2D eigenvalue weighted by molar-refractivity contribution is 6.30. The fraction of sp³-hybridized carbons (Fsp3) is 0.115. The Morgan fingerprint density at radius 2 is 1.61 bits per heavy atom. The number of carboxylic acid groups (broad SMARTS) is 1. The zero-order valence-corrected chi connectivity index (χ0v) is 19.3. The van der Waals surface area contributed by atoms with Crippen molar-refractivity contribution in [2.75, 3.05) is 6.54 Å². The summed E-state index contributed by atoms with van der Waals surface area (Å²) in [4.78, 5) is 25.6. The van der Waals surface area contributed by atoms with Crippen molar-refractivity contribution >= 4 is 34.2 Å². The summed E-state index contributed by atoms with van der Waals surface area (Å²) >= 11 is 5.87. The van der Waals surface area contributed by atoms with E-state index in [1.54, 1.807) is 36.5 Å². The zero-order chi connectivity index (χ0) is 26.3. The van der Waals surface area contributed by atoms with Crippen LogP contribution < -0.4 is 5.32 Å². The Balaban J connectivity index is 0.000000454. The third kappa shape index (κ3) is 7.27. The van der Waals surface area contributed by atoms with Crippen LogP contribution in [0.15, 0.2) is 85.2 Å². The van der Waals surface area contributed by atoms with E-state index in [2.05, 4.69) is 16.4 Å². The van der Waals surface area contributed by atoms with E-state index in [-0.39, 0.29) is 12.5 Å². The Kier molecular flexibility index (Phi) is 8.63. The van der Waals surface area contributed by atoms with Gasteiger partial charge in [-0.15, -0.1) is 0 Å². The molecule has 36 heavy (non-hydrogen) atoms. The number of hydrogen-bond acceptors (Lipinski definition) is 4. The number of fused-ring (bicyclic) bond motifs is 1. The van der Waals surface area contributed by atoms with Crippen LogP contribution in [0, 0.1) is 0 Å². The number of benzene rings is 3. The number of amides is 1. The number of aromatic nitrogens is 1. The minimum absolute atomic E-state index is 0.119. The second kappa shape index (κ2) is 11.7. The third-order valence-electron chi connectivity index (χ3n) is 5.05. The number of pyridine rings is 1. The molecule has 3 N–H and O–H groups in total. The lowest BCUT2D eigenvalue weighted by molar-refractivity contribution is -0.192. The highest BCUT2D eigenvalue weighted by Gasteiger charge is 2.38. The van der Waals surface area contributed by atoms with Gasteiger partial charge in [-0.2, -0.15) is 13.2 Å². The summed E-state index contributed by atoms with van der Waals surface area (Å²) in [6, 6.07) is 22.5. The van der Waals surface area contributed by atoms with Crippen LogP contribution in [0.4, 0.5) is 13.2 Å². The Labute approximate surface area is 209 Å². The van der Waals surface area contributed by atoms with Gasteiger partial charge in [-0.05, 0) is 58.5 Å². The molecule has 0 fully saturated rings. The minimum Gasteiger partial charge on any atom is -0.475 e. The van der Waals surface area contributed by atoms with Crippen LogP contribution in [0.25, 0.3) is 21.9 Å². The van der Waals surface area contributed by atoms with Gasteiger partial charge in [0, 0.05) is 34.9 Å². The molecule has 0 aliphatic rings. The van der Waals surface area contributed by atoms with Gasteiger partial charge in [0.15, 0.2) is 0 Å². The average molecular weight is 517 g/mol. The molecule has 0 saturated carbocycles. The quantitative estimate of drug-likeness (QED) is 0.318. The molecule has 1 unspecified atom stereocenters. The second-order valence-electron chi connectivity index (χ2n) is 7.60. The van der Waals surface area contributed by atoms with Crippen LogP contribution in [0.3, 0.4) is 0 Å². The maximum Gasteiger partial charge on any atom is 0.490 e. The van der Waals surface area contributed by atoms with Crippen molar-refractivity contribution in [1.82, 2.24) is 10.3 Å². The van der Waals surface area contributed by atoms with Crippen molar-refractivity contribution in [2.24, 2.45) is 0 Å². The monoisotopic (exact) mass is 516 g/mol. The Morgan fingerprint density at radius 1 is 0.944 bits per heavy atom. The minimum atomic E-state index is -5.08. The number of aliphatic carboxylic acids is 1. The molecule has 0 spiro atoms. The largest absolute Gasteiger partial charge is 0.490 e. The van der Waals surface area contributed by atoms with Crippen molar-refractivity contribution in [2.45, 2.75) is 12.3 Å². The third-order valence-corrected chi connectivity index (χ3v) is 5.30. The summed E-state index contributed by atoms with van der Waals surface area (Å²) in [6.45, 7) is 0.119. The van der Waals surface area contributed by atoms with Gasteiger partial charge in [-0.3, -0.25) is 9.78 Å². The standard InChI is InChI=1S/C24H19ClN2O2.C2HF3O2/c25-22-8-6-16(7-9-22)23(28)15-27-24(29)20-3-1-2-17(13-20)18-4-5-21-14-26-11-10-19(21)12-18;3-2(4,5)1(6)7/h1-14,23,28H,15H2,(H,27,29);(H,6,7). The zero-order valence-electron chi connectivity index (χ0n) is 18.5. The molecule has 0 saturated heterocycles. The molecule has 1 amide bonds. The Bertz CT molecular complexity index is 1360. The number of nitrogens with one attached hydrogen (secondary N) is 1. The van der Waals surface area contributed by atoms with Gasteiger partial charge in [0.25, 0.3) is 5.91 Å². The van der Waals surface area contributed by atoms with E-state index in [0.717, 1.165) is 21.9 Å². The summed E-state index contributed by atoms with van der Waals surface area (Å²) in [5, 5.41) is 23.0. The maximum absolute atomic E-state index is 12.6. The van der Waals surface area contributed by atoms with Crippen molar-refractivity contribution in [3.63, 3.8) is 0 Å². The topological polar surface area (TPSA) is 99.5 Å². The second-order valence-corrected chi connectivity index (χ2v) is 8.04. The van der Waals surface area contributed by atoms with Crippen LogP contribution in [0.2, 0.25) is 5.02 Å². The van der Waals surface area contributed by atoms with Gasteiger partial charge in [0.1, 0.15) is 0 Å². The SMILES string of the molecule is O=C(NCC(O)c1ccc(Cl)cc1)c1cccc(-c2ccc3cnccc3c2)c1.O=C(O)C(F)(F)F. The molecule has 6 nitrogen and oxygen atoms in total. The fourth-order valence-corrected chi connectivity index (χ4v) is 3.32. The highest BCUT2D eigenvalue weighted by Crippen LogP contribution is 2.25. The van der Waals surface area contributed by atoms with E-state index in [4.69, 9.17) is 21.5 Å². The summed E-state index contributed by atoms with van der Waals surface area (Å²) in [5.74, 6) is -2.99. The number of alkyl halides is 3. The summed E-state index contributed by atoms with van der Waals surface area (Å²) in [7, 11) is 0. The Morgan fingerprint density at radius 3 is 2.28 bits per heavy atom. The first-order valence-corrected chi connectivity index (χ1v) is 10.9. The molecule has 0 radical (unpaired) electrons. The number of carbonyl (C=O) groups is 2. The van der Waals surface area contributed by atoms with Crippen LogP contribution in [0.1, 0.15) is 22.0 Å². The summed E-state index contributed by atoms with van der Waals surface area (Å²) < 4.78 is 31.7. The highest BCUT2D eigenvalue weighted by atomic mass is 35.5. The first-order valence-electron chi connectivity index (χ1n) is 10.5. The van der Waals surface area contributed by atoms with Crippen molar-refractivity contribution in [3.8, 4) is 11.1 Å². The normalized spacial score (nSPS) is 11.8. The van der Waals surface area contributed by atoms with Crippen LogP contribution in [-0.4, -0.2) is 39.8 Å². The molecule has 3 aromatic carbocycles. The van der Waals surface area contributed by atoms with Gasteiger partial charge >= 0.3 is 12.1 Å². The average Bonchev–Trinajstić information content (AvgIpc) is 2.87. The van der Waals surface area contributed by atoms with E-state index >= 15 is 0 Å². The maximum atomic E-state index is 12.6. The molecule has 4 rings (SSSR count). The molecule has 1 heterocycles. The van der Waals surface area contributed by atoms with E-state index < -0.39 is 18.2 Å². The Hall–Kier alpha value is -3.95. The predicted molar refractivity (Wildman–Crippen MR) is 130 cm³/mol. The van der Waals surface area contributed by atoms with Crippen molar-refractivity contribution < 1.29 is 33.0 Å². The van der Waals surface area contributed by atoms with Gasteiger partial charge in [-0.1, -0.05) is 48.0 Å². The van der Waals surface area contributed by atoms with Gasteiger partial charge in [0.2, 0.25) is 0 Å². The number of hydrogen-bond donors (Lipinski definition) is 3.